The van der Waals surface area contributed by atoms with Crippen LogP contribution in [0.4, 0.5) is 34.1 Å². The number of rotatable bonds is 2. The van der Waals surface area contributed by atoms with Crippen molar-refractivity contribution in [3.05, 3.63) is 203 Å². The average Bonchev–Trinajstić information content (AvgIpc) is 3.96. The van der Waals surface area contributed by atoms with Gasteiger partial charge in [-0.05, 0) is 92.3 Å². The van der Waals surface area contributed by atoms with Gasteiger partial charge in [0.2, 0.25) is 0 Å². The van der Waals surface area contributed by atoms with Gasteiger partial charge in [-0.2, -0.15) is 10.5 Å². The van der Waals surface area contributed by atoms with Crippen LogP contribution in [0.1, 0.15) is 61.1 Å². The molecule has 320 valence electrons. The van der Waals surface area contributed by atoms with Crippen molar-refractivity contribution in [1.29, 1.82) is 10.5 Å². The van der Waals surface area contributed by atoms with Gasteiger partial charge in [-0.15, -0.1) is 0 Å². The van der Waals surface area contributed by atoms with Crippen molar-refractivity contribution in [3.8, 4) is 12.1 Å². The third-order valence-corrected chi connectivity index (χ3v) is 15.2. The molecule has 10 aromatic carbocycles. The standard InChI is InChI=1S/C62H40N4O2/c1-61(2)47-17-9-11-19-51(47)65(57-49(61)25-23-43-55-41-15-7-5-13-35(41)21-27-53(55)67-59(43)57)39-29-37(33-63)46-32-40(30-38(34-64)45(46)31-39)66-52-20-12-10-18-48(52)62(3,4)50-26-24-44-56-42-16-8-6-14-36(42)22-28-54(56)68-60(44)58(50)66/h5-32H,1-4H3. The van der Waals surface area contributed by atoms with Crippen LogP contribution in [0.25, 0.3) is 76.2 Å². The topological polar surface area (TPSA) is 80.3 Å². The van der Waals surface area contributed by atoms with Gasteiger partial charge in [-0.1, -0.05) is 149 Å². The normalized spacial score (nSPS) is 14.6. The number of furan rings is 2. The van der Waals surface area contributed by atoms with E-state index in [1.54, 1.807) is 0 Å². The summed E-state index contributed by atoms with van der Waals surface area (Å²) in [5.41, 5.74) is 13.2. The van der Waals surface area contributed by atoms with Gasteiger partial charge < -0.3 is 18.6 Å². The zero-order chi connectivity index (χ0) is 45.8. The van der Waals surface area contributed by atoms with Crippen LogP contribution in [0.5, 0.6) is 0 Å². The van der Waals surface area contributed by atoms with Crippen LogP contribution in [0.15, 0.2) is 179 Å². The summed E-state index contributed by atoms with van der Waals surface area (Å²) in [5, 5.41) is 32.7. The first-order valence-corrected chi connectivity index (χ1v) is 23.1. The largest absolute Gasteiger partial charge is 0.454 e. The molecule has 0 saturated heterocycles. The summed E-state index contributed by atoms with van der Waals surface area (Å²) in [5.74, 6) is 0. The lowest BCUT2D eigenvalue weighted by Gasteiger charge is -2.42. The summed E-state index contributed by atoms with van der Waals surface area (Å²) in [6.07, 6.45) is 0. The monoisotopic (exact) mass is 872 g/mol. The van der Waals surface area contributed by atoms with Crippen molar-refractivity contribution in [2.24, 2.45) is 0 Å². The summed E-state index contributed by atoms with van der Waals surface area (Å²) < 4.78 is 13.9. The van der Waals surface area contributed by atoms with Gasteiger partial charge in [0.25, 0.3) is 0 Å². The Morgan fingerprint density at radius 3 is 1.25 bits per heavy atom. The third-order valence-electron chi connectivity index (χ3n) is 15.2. The minimum atomic E-state index is -0.382. The molecule has 2 aliphatic rings. The zero-order valence-corrected chi connectivity index (χ0v) is 37.8. The van der Waals surface area contributed by atoms with Gasteiger partial charge in [0.05, 0.1) is 46.0 Å². The maximum Gasteiger partial charge on any atom is 0.159 e. The Morgan fingerprint density at radius 1 is 0.397 bits per heavy atom. The van der Waals surface area contributed by atoms with E-state index in [1.165, 1.54) is 0 Å². The van der Waals surface area contributed by atoms with E-state index < -0.39 is 0 Å². The summed E-state index contributed by atoms with van der Waals surface area (Å²) in [6.45, 7) is 9.06. The SMILES string of the molecule is CC1(C)c2ccccc2N(c2cc(C#N)c3cc(N4c5ccccc5C(C)(C)c5ccc6c(oc7ccc8ccccc8c76)c54)cc(C#N)c3c2)c2c1ccc1c2oc2ccc3ccccc3c21. The summed E-state index contributed by atoms with van der Waals surface area (Å²) >= 11 is 0. The minimum absolute atomic E-state index is 0.382. The van der Waals surface area contributed by atoms with E-state index in [0.29, 0.717) is 21.9 Å². The Kier molecular flexibility index (Phi) is 7.56. The number of para-hydroxylation sites is 2. The molecule has 0 atom stereocenters. The van der Waals surface area contributed by atoms with Crippen molar-refractivity contribution in [2.75, 3.05) is 9.80 Å². The van der Waals surface area contributed by atoms with E-state index in [4.69, 9.17) is 8.83 Å². The number of anilines is 6. The van der Waals surface area contributed by atoms with Crippen LogP contribution in [0.3, 0.4) is 0 Å². The van der Waals surface area contributed by atoms with Crippen LogP contribution in [0, 0.1) is 22.7 Å². The molecular weight excluding hydrogens is 833 g/mol. The molecule has 4 heterocycles. The van der Waals surface area contributed by atoms with Crippen molar-refractivity contribution >= 4 is 110 Å². The second kappa shape index (κ2) is 13.4. The van der Waals surface area contributed by atoms with E-state index in [-0.39, 0.29) is 10.8 Å². The predicted molar refractivity (Wildman–Crippen MR) is 277 cm³/mol. The molecular formula is C62H40N4O2. The first-order chi connectivity index (χ1) is 33.1. The third kappa shape index (κ3) is 4.93. The maximum atomic E-state index is 11.3. The van der Waals surface area contributed by atoms with Crippen molar-refractivity contribution in [1.82, 2.24) is 0 Å². The molecule has 68 heavy (non-hydrogen) atoms. The Morgan fingerprint density at radius 2 is 0.809 bits per heavy atom. The fraction of sp³-hybridized carbons (Fsp3) is 0.0968. The highest BCUT2D eigenvalue weighted by Gasteiger charge is 2.41. The van der Waals surface area contributed by atoms with Crippen molar-refractivity contribution in [3.63, 3.8) is 0 Å². The van der Waals surface area contributed by atoms with Crippen LogP contribution in [-0.2, 0) is 10.8 Å². The number of benzene rings is 10. The molecule has 0 bridgehead atoms. The molecule has 0 spiro atoms. The predicted octanol–water partition coefficient (Wildman–Crippen LogP) is 16.9. The smallest absolute Gasteiger partial charge is 0.159 e. The molecule has 0 amide bonds. The fourth-order valence-corrected chi connectivity index (χ4v) is 12.0. The lowest BCUT2D eigenvalue weighted by molar-refractivity contribution is 0.624. The summed E-state index contributed by atoms with van der Waals surface area (Å²) in [4.78, 5) is 4.50. The molecule has 0 radical (unpaired) electrons. The molecule has 6 heteroatoms. The minimum Gasteiger partial charge on any atom is -0.454 e. The molecule has 0 fully saturated rings. The lowest BCUT2D eigenvalue weighted by atomic mass is 9.73. The van der Waals surface area contributed by atoms with Crippen LogP contribution in [-0.4, -0.2) is 0 Å². The number of hydrogen-bond donors (Lipinski definition) is 0. The first-order valence-electron chi connectivity index (χ1n) is 23.1. The Hall–Kier alpha value is -8.84. The molecule has 14 rings (SSSR count). The lowest BCUT2D eigenvalue weighted by Crippen LogP contribution is -2.31. The number of fused-ring (bicyclic) bond motifs is 17. The highest BCUT2D eigenvalue weighted by Crippen LogP contribution is 2.58. The maximum absolute atomic E-state index is 11.3. The van der Waals surface area contributed by atoms with Crippen LogP contribution in [0.2, 0.25) is 0 Å². The van der Waals surface area contributed by atoms with Gasteiger partial charge in [-0.3, -0.25) is 0 Å². The van der Waals surface area contributed by atoms with Crippen LogP contribution < -0.4 is 9.80 Å². The molecule has 0 N–H and O–H groups in total. The van der Waals surface area contributed by atoms with Crippen LogP contribution >= 0.6 is 0 Å². The van der Waals surface area contributed by atoms with Gasteiger partial charge in [0.1, 0.15) is 11.2 Å². The number of nitrogens with zero attached hydrogens (tertiary/aromatic N) is 4. The molecule has 6 nitrogen and oxygen atoms in total. The van der Waals surface area contributed by atoms with Crippen molar-refractivity contribution < 1.29 is 8.83 Å². The molecule has 0 aliphatic carbocycles. The second-order valence-electron chi connectivity index (χ2n) is 19.5. The fourth-order valence-electron chi connectivity index (χ4n) is 12.0. The Labute approximate surface area is 391 Å². The molecule has 0 unspecified atom stereocenters. The summed E-state index contributed by atoms with van der Waals surface area (Å²) in [6, 6.07) is 64.4. The highest BCUT2D eigenvalue weighted by molar-refractivity contribution is 6.23. The average molecular weight is 873 g/mol. The van der Waals surface area contributed by atoms with Gasteiger partial charge in [-0.25, -0.2) is 0 Å². The number of hydrogen-bond acceptors (Lipinski definition) is 6. The first kappa shape index (κ1) is 38.4. The summed E-state index contributed by atoms with van der Waals surface area (Å²) in [7, 11) is 0. The van der Waals surface area contributed by atoms with E-state index in [2.05, 4.69) is 207 Å². The van der Waals surface area contributed by atoms with E-state index in [9.17, 15) is 10.5 Å². The molecule has 2 aromatic heterocycles. The number of nitriles is 2. The Balaban J connectivity index is 1.03. The zero-order valence-electron chi connectivity index (χ0n) is 37.8. The molecule has 0 saturated carbocycles. The second-order valence-corrected chi connectivity index (χ2v) is 19.5. The van der Waals surface area contributed by atoms with Crippen molar-refractivity contribution in [2.45, 2.75) is 38.5 Å². The van der Waals surface area contributed by atoms with E-state index >= 15 is 0 Å². The van der Waals surface area contributed by atoms with E-state index in [0.717, 1.165) is 122 Å². The Bertz CT molecular complexity index is 4050. The molecule has 2 aliphatic heterocycles. The van der Waals surface area contributed by atoms with E-state index in [1.807, 2.05) is 12.1 Å². The van der Waals surface area contributed by atoms with Gasteiger partial charge in [0.15, 0.2) is 11.2 Å². The highest BCUT2D eigenvalue weighted by atomic mass is 16.3. The molecule has 12 aromatic rings. The van der Waals surface area contributed by atoms with Gasteiger partial charge in [0, 0.05) is 54.5 Å². The quantitative estimate of drug-likeness (QED) is 0.172. The van der Waals surface area contributed by atoms with Gasteiger partial charge >= 0.3 is 0 Å².